The Bertz CT molecular complexity index is 812. The maximum atomic E-state index is 11.5. The highest BCUT2D eigenvalue weighted by molar-refractivity contribution is 5.85. The molecule has 124 valence electrons. The lowest BCUT2D eigenvalue weighted by Gasteiger charge is -2.08. The van der Waals surface area contributed by atoms with Crippen LogP contribution in [0.15, 0.2) is 54.7 Å². The molecular formula is C19H20N2O3. The molecule has 3 rings (SSSR count). The highest BCUT2D eigenvalue weighted by atomic mass is 16.5. The van der Waals surface area contributed by atoms with Crippen LogP contribution in [-0.4, -0.2) is 22.4 Å². The van der Waals surface area contributed by atoms with Crippen LogP contribution in [0.3, 0.4) is 0 Å². The molecule has 5 nitrogen and oxygen atoms in total. The number of aromatic nitrogens is 2. The van der Waals surface area contributed by atoms with Gasteiger partial charge in [-0.3, -0.25) is 9.48 Å². The highest BCUT2D eigenvalue weighted by Gasteiger charge is 2.10. The van der Waals surface area contributed by atoms with Gasteiger partial charge >= 0.3 is 5.97 Å². The zero-order chi connectivity index (χ0) is 16.8. The van der Waals surface area contributed by atoms with Gasteiger partial charge in [0.05, 0.1) is 36.7 Å². The van der Waals surface area contributed by atoms with Crippen molar-refractivity contribution in [1.82, 2.24) is 9.78 Å². The van der Waals surface area contributed by atoms with Crippen molar-refractivity contribution in [2.24, 2.45) is 0 Å². The van der Waals surface area contributed by atoms with E-state index in [4.69, 9.17) is 9.47 Å². The van der Waals surface area contributed by atoms with E-state index < -0.39 is 0 Å². The molecule has 0 fully saturated rings. The van der Waals surface area contributed by atoms with Crippen LogP contribution in [0.1, 0.15) is 18.9 Å². The molecule has 0 unspecified atom stereocenters. The van der Waals surface area contributed by atoms with Crippen LogP contribution < -0.4 is 4.74 Å². The molecule has 0 bridgehead atoms. The van der Waals surface area contributed by atoms with Crippen LogP contribution in [0.25, 0.3) is 10.9 Å². The predicted molar refractivity (Wildman–Crippen MR) is 91.8 cm³/mol. The summed E-state index contributed by atoms with van der Waals surface area (Å²) in [5.74, 6) is 0.580. The van der Waals surface area contributed by atoms with Crippen molar-refractivity contribution in [1.29, 1.82) is 0 Å². The predicted octanol–water partition coefficient (Wildman–Crippen LogP) is 3.57. The van der Waals surface area contributed by atoms with Crippen molar-refractivity contribution in [2.75, 3.05) is 6.61 Å². The minimum Gasteiger partial charge on any atom is -0.488 e. The molecule has 3 aromatic rings. The number of carbonyl (C=O) groups is 1. The van der Waals surface area contributed by atoms with Gasteiger partial charge in [0, 0.05) is 0 Å². The maximum Gasteiger partial charge on any atom is 0.307 e. The van der Waals surface area contributed by atoms with Crippen LogP contribution in [0.4, 0.5) is 0 Å². The number of benzene rings is 2. The Morgan fingerprint density at radius 3 is 2.75 bits per heavy atom. The fourth-order valence-corrected chi connectivity index (χ4v) is 2.55. The topological polar surface area (TPSA) is 53.4 Å². The Hall–Kier alpha value is -2.82. The van der Waals surface area contributed by atoms with Gasteiger partial charge < -0.3 is 9.47 Å². The molecule has 24 heavy (non-hydrogen) atoms. The standard InChI is InChI=1S/C19H20N2O3/c1-2-23-19(22)11-12-21-17-9-6-10-18(16(17)13-20-21)24-14-15-7-4-3-5-8-15/h3-10,13H,2,11-12,14H2,1H3. The fourth-order valence-electron chi connectivity index (χ4n) is 2.55. The maximum absolute atomic E-state index is 11.5. The molecule has 5 heteroatoms. The lowest BCUT2D eigenvalue weighted by atomic mass is 10.2. The van der Waals surface area contributed by atoms with Gasteiger partial charge in [0.25, 0.3) is 0 Å². The third-order valence-corrected chi connectivity index (χ3v) is 3.72. The highest BCUT2D eigenvalue weighted by Crippen LogP contribution is 2.26. The van der Waals surface area contributed by atoms with Gasteiger partial charge in [-0.15, -0.1) is 0 Å². The number of hydrogen-bond donors (Lipinski definition) is 0. The second-order valence-corrected chi connectivity index (χ2v) is 5.39. The molecule has 0 aliphatic rings. The minimum absolute atomic E-state index is 0.211. The fraction of sp³-hybridized carbons (Fsp3) is 0.263. The normalized spacial score (nSPS) is 10.7. The molecule has 0 saturated heterocycles. The molecule has 0 radical (unpaired) electrons. The molecule has 0 N–H and O–H groups in total. The number of nitrogens with zero attached hydrogens (tertiary/aromatic N) is 2. The van der Waals surface area contributed by atoms with Crippen molar-refractivity contribution in [3.05, 3.63) is 60.3 Å². The Morgan fingerprint density at radius 2 is 1.96 bits per heavy atom. The molecule has 0 amide bonds. The largest absolute Gasteiger partial charge is 0.488 e. The quantitative estimate of drug-likeness (QED) is 0.624. The first-order valence-corrected chi connectivity index (χ1v) is 8.05. The molecule has 0 aliphatic carbocycles. The van der Waals surface area contributed by atoms with Gasteiger partial charge in [-0.05, 0) is 24.6 Å². The van der Waals surface area contributed by atoms with Gasteiger partial charge in [-0.1, -0.05) is 36.4 Å². The van der Waals surface area contributed by atoms with Crippen molar-refractivity contribution in [2.45, 2.75) is 26.5 Å². The molecule has 0 spiro atoms. The van der Waals surface area contributed by atoms with Crippen LogP contribution in [0, 0.1) is 0 Å². The van der Waals surface area contributed by atoms with Crippen molar-refractivity contribution < 1.29 is 14.3 Å². The number of fused-ring (bicyclic) bond motifs is 1. The molecule has 2 aromatic carbocycles. The van der Waals surface area contributed by atoms with Crippen molar-refractivity contribution in [3.8, 4) is 5.75 Å². The van der Waals surface area contributed by atoms with Gasteiger partial charge in [-0.25, -0.2) is 0 Å². The van der Waals surface area contributed by atoms with E-state index in [1.807, 2.05) is 53.2 Å². The summed E-state index contributed by atoms with van der Waals surface area (Å²) in [6.07, 6.45) is 2.08. The van der Waals surface area contributed by atoms with E-state index in [0.29, 0.717) is 26.2 Å². The summed E-state index contributed by atoms with van der Waals surface area (Å²) < 4.78 is 12.7. The molecule has 0 aliphatic heterocycles. The molecule has 1 aromatic heterocycles. The first kappa shape index (κ1) is 16.1. The van der Waals surface area contributed by atoms with Crippen molar-refractivity contribution >= 4 is 16.9 Å². The Kier molecular flexibility index (Phi) is 5.11. The number of ether oxygens (including phenoxy) is 2. The second kappa shape index (κ2) is 7.64. The summed E-state index contributed by atoms with van der Waals surface area (Å²) in [6.45, 7) is 3.20. The average molecular weight is 324 g/mol. The summed E-state index contributed by atoms with van der Waals surface area (Å²) in [4.78, 5) is 11.5. The van der Waals surface area contributed by atoms with Crippen LogP contribution in [0.2, 0.25) is 0 Å². The Balaban J connectivity index is 1.72. The van der Waals surface area contributed by atoms with Gasteiger partial charge in [0.15, 0.2) is 0 Å². The number of esters is 1. The first-order valence-electron chi connectivity index (χ1n) is 8.05. The minimum atomic E-state index is -0.211. The first-order chi connectivity index (χ1) is 11.8. The summed E-state index contributed by atoms with van der Waals surface area (Å²) in [5, 5.41) is 5.31. The van der Waals surface area contributed by atoms with E-state index in [9.17, 15) is 4.79 Å². The number of hydrogen-bond acceptors (Lipinski definition) is 4. The zero-order valence-electron chi connectivity index (χ0n) is 13.6. The summed E-state index contributed by atoms with van der Waals surface area (Å²) in [6, 6.07) is 15.9. The van der Waals surface area contributed by atoms with Crippen LogP contribution in [0.5, 0.6) is 5.75 Å². The van der Waals surface area contributed by atoms with Crippen LogP contribution >= 0.6 is 0 Å². The summed E-state index contributed by atoms with van der Waals surface area (Å²) >= 11 is 0. The van der Waals surface area contributed by atoms with E-state index in [0.717, 1.165) is 22.2 Å². The third-order valence-electron chi connectivity index (χ3n) is 3.72. The lowest BCUT2D eigenvalue weighted by molar-refractivity contribution is -0.143. The lowest BCUT2D eigenvalue weighted by Crippen LogP contribution is -2.09. The second-order valence-electron chi connectivity index (χ2n) is 5.39. The van der Waals surface area contributed by atoms with Gasteiger partial charge in [0.1, 0.15) is 12.4 Å². The van der Waals surface area contributed by atoms with E-state index in [1.54, 1.807) is 13.1 Å². The average Bonchev–Trinajstić information content (AvgIpc) is 3.03. The SMILES string of the molecule is CCOC(=O)CCn1ncc2c(OCc3ccccc3)cccc21. The summed E-state index contributed by atoms with van der Waals surface area (Å²) in [5.41, 5.74) is 2.06. The molecular weight excluding hydrogens is 304 g/mol. The number of carbonyl (C=O) groups excluding carboxylic acids is 1. The van der Waals surface area contributed by atoms with Gasteiger partial charge in [-0.2, -0.15) is 5.10 Å². The third kappa shape index (κ3) is 3.74. The molecule has 0 atom stereocenters. The Labute approximate surface area is 140 Å². The zero-order valence-corrected chi connectivity index (χ0v) is 13.6. The molecule has 0 saturated carbocycles. The van der Waals surface area contributed by atoms with Crippen molar-refractivity contribution in [3.63, 3.8) is 0 Å². The van der Waals surface area contributed by atoms with Crippen LogP contribution in [-0.2, 0) is 22.7 Å². The Morgan fingerprint density at radius 1 is 1.12 bits per heavy atom. The van der Waals surface area contributed by atoms with E-state index >= 15 is 0 Å². The monoisotopic (exact) mass is 324 g/mol. The van der Waals surface area contributed by atoms with E-state index in [2.05, 4.69) is 5.10 Å². The smallest absolute Gasteiger partial charge is 0.307 e. The van der Waals surface area contributed by atoms with Gasteiger partial charge in [0.2, 0.25) is 0 Å². The summed E-state index contributed by atoms with van der Waals surface area (Å²) in [7, 11) is 0. The van der Waals surface area contributed by atoms with E-state index in [-0.39, 0.29) is 5.97 Å². The number of rotatable bonds is 7. The van der Waals surface area contributed by atoms with E-state index in [1.165, 1.54) is 0 Å². The molecule has 1 heterocycles. The number of aryl methyl sites for hydroxylation is 1.